The van der Waals surface area contributed by atoms with Gasteiger partial charge in [0, 0.05) is 12.1 Å². The van der Waals surface area contributed by atoms with Crippen molar-refractivity contribution >= 4 is 0 Å². The van der Waals surface area contributed by atoms with Crippen LogP contribution in [-0.2, 0) is 0 Å². The van der Waals surface area contributed by atoms with Crippen LogP contribution in [0.3, 0.4) is 0 Å². The molecule has 1 heterocycles. The highest BCUT2D eigenvalue weighted by Crippen LogP contribution is 2.46. The molecule has 0 aromatic rings. The van der Waals surface area contributed by atoms with Gasteiger partial charge < -0.3 is 0 Å². The van der Waals surface area contributed by atoms with E-state index in [0.717, 1.165) is 23.9 Å². The van der Waals surface area contributed by atoms with Crippen molar-refractivity contribution < 1.29 is 0 Å². The maximum absolute atomic E-state index is 2.83. The molecule has 0 radical (unpaired) electrons. The molecule has 4 atom stereocenters. The summed E-state index contributed by atoms with van der Waals surface area (Å²) in [4.78, 5) is 2.83. The van der Waals surface area contributed by atoms with Crippen LogP contribution in [0, 0.1) is 11.8 Å². The fourth-order valence-corrected chi connectivity index (χ4v) is 5.24. The highest BCUT2D eigenvalue weighted by Gasteiger charge is 2.45. The Balaban J connectivity index is 1.76. The smallest absolute Gasteiger partial charge is 0.0127 e. The Hall–Kier alpha value is -0.0400. The third-order valence-electron chi connectivity index (χ3n) is 6.16. The topological polar surface area (TPSA) is 3.24 Å². The molecule has 2 aliphatic carbocycles. The molecule has 0 aromatic heterocycles. The van der Waals surface area contributed by atoms with Crippen LogP contribution in [0.25, 0.3) is 0 Å². The Kier molecular flexibility index (Phi) is 4.28. The minimum Gasteiger partial charge on any atom is -0.300 e. The first-order valence-corrected chi connectivity index (χ1v) is 8.60. The third-order valence-corrected chi connectivity index (χ3v) is 6.16. The van der Waals surface area contributed by atoms with E-state index in [9.17, 15) is 0 Å². The van der Waals surface area contributed by atoms with Crippen LogP contribution in [0.15, 0.2) is 0 Å². The van der Waals surface area contributed by atoms with E-state index in [4.69, 9.17) is 0 Å². The summed E-state index contributed by atoms with van der Waals surface area (Å²) in [5.41, 5.74) is 0. The number of nitrogens with zero attached hydrogens (tertiary/aromatic N) is 1. The van der Waals surface area contributed by atoms with E-state index in [2.05, 4.69) is 11.9 Å². The van der Waals surface area contributed by atoms with Gasteiger partial charge in [0.1, 0.15) is 0 Å². The summed E-state index contributed by atoms with van der Waals surface area (Å²) < 4.78 is 0. The summed E-state index contributed by atoms with van der Waals surface area (Å²) in [5, 5.41) is 0. The third kappa shape index (κ3) is 2.48. The van der Waals surface area contributed by atoms with Gasteiger partial charge in [0.2, 0.25) is 0 Å². The van der Waals surface area contributed by atoms with Crippen LogP contribution in [0.5, 0.6) is 0 Å². The van der Waals surface area contributed by atoms with Gasteiger partial charge in [-0.1, -0.05) is 51.4 Å². The monoisotopic (exact) mass is 249 g/mol. The lowest BCUT2D eigenvalue weighted by Gasteiger charge is -2.27. The van der Waals surface area contributed by atoms with E-state index in [0.29, 0.717) is 0 Å². The van der Waals surface area contributed by atoms with Gasteiger partial charge in [-0.25, -0.2) is 0 Å². The van der Waals surface area contributed by atoms with Crippen molar-refractivity contribution in [2.45, 2.75) is 89.1 Å². The second kappa shape index (κ2) is 5.94. The molecule has 0 amide bonds. The first-order chi connectivity index (χ1) is 8.88. The number of hydrogen-bond donors (Lipinski definition) is 0. The van der Waals surface area contributed by atoms with Crippen molar-refractivity contribution in [2.24, 2.45) is 11.8 Å². The lowest BCUT2D eigenvalue weighted by Crippen LogP contribution is -2.34. The fourth-order valence-electron chi connectivity index (χ4n) is 5.24. The lowest BCUT2D eigenvalue weighted by molar-refractivity contribution is 0.198. The molecular formula is C17H31N. The van der Waals surface area contributed by atoms with E-state index in [-0.39, 0.29) is 0 Å². The molecule has 0 bridgehead atoms. The summed E-state index contributed by atoms with van der Waals surface area (Å²) in [7, 11) is 2.45. The highest BCUT2D eigenvalue weighted by atomic mass is 15.2. The summed E-state index contributed by atoms with van der Waals surface area (Å²) in [5.74, 6) is 2.11. The van der Waals surface area contributed by atoms with Crippen molar-refractivity contribution in [3.05, 3.63) is 0 Å². The van der Waals surface area contributed by atoms with Gasteiger partial charge in [0.25, 0.3) is 0 Å². The number of rotatable bonds is 0. The summed E-state index contributed by atoms with van der Waals surface area (Å²) in [6.45, 7) is 0. The van der Waals surface area contributed by atoms with Gasteiger partial charge in [-0.2, -0.15) is 0 Å². The lowest BCUT2D eigenvalue weighted by atomic mass is 9.80. The maximum atomic E-state index is 2.83. The normalized spacial score (nSPS) is 43.2. The van der Waals surface area contributed by atoms with Gasteiger partial charge in [0.15, 0.2) is 0 Å². The molecule has 1 saturated heterocycles. The Morgan fingerprint density at radius 2 is 0.944 bits per heavy atom. The van der Waals surface area contributed by atoms with Gasteiger partial charge in [-0.05, 0) is 44.6 Å². The van der Waals surface area contributed by atoms with Crippen molar-refractivity contribution in [2.75, 3.05) is 7.05 Å². The van der Waals surface area contributed by atoms with Crippen LogP contribution in [0.4, 0.5) is 0 Å². The molecule has 1 aliphatic heterocycles. The van der Waals surface area contributed by atoms with Crippen LogP contribution in [-0.4, -0.2) is 24.0 Å². The van der Waals surface area contributed by atoms with Gasteiger partial charge >= 0.3 is 0 Å². The SMILES string of the molecule is CN1C2CCCCCCCC2C2CCCCCC21. The van der Waals surface area contributed by atoms with Crippen LogP contribution >= 0.6 is 0 Å². The average Bonchev–Trinajstić information content (AvgIpc) is 2.50. The van der Waals surface area contributed by atoms with Gasteiger partial charge in [-0.15, -0.1) is 0 Å². The summed E-state index contributed by atoms with van der Waals surface area (Å²) >= 11 is 0. The fraction of sp³-hybridized carbons (Fsp3) is 1.00. The summed E-state index contributed by atoms with van der Waals surface area (Å²) in [6, 6.07) is 1.89. The second-order valence-corrected chi connectivity index (χ2v) is 7.11. The predicted molar refractivity (Wildman–Crippen MR) is 77.7 cm³/mol. The van der Waals surface area contributed by atoms with Crippen LogP contribution < -0.4 is 0 Å². The molecule has 3 rings (SSSR count). The quantitative estimate of drug-likeness (QED) is 0.606. The molecule has 0 N–H and O–H groups in total. The van der Waals surface area contributed by atoms with Crippen molar-refractivity contribution in [1.82, 2.24) is 4.90 Å². The molecule has 0 aromatic carbocycles. The van der Waals surface area contributed by atoms with E-state index in [1.807, 2.05) is 0 Å². The zero-order valence-corrected chi connectivity index (χ0v) is 12.2. The molecule has 1 nitrogen and oxygen atoms in total. The summed E-state index contributed by atoms with van der Waals surface area (Å²) in [6.07, 6.45) is 18.1. The highest BCUT2D eigenvalue weighted by molar-refractivity contribution is 4.99. The predicted octanol–water partition coefficient (Wildman–Crippen LogP) is 4.61. The van der Waals surface area contributed by atoms with E-state index in [1.54, 1.807) is 0 Å². The van der Waals surface area contributed by atoms with E-state index < -0.39 is 0 Å². The van der Waals surface area contributed by atoms with Crippen molar-refractivity contribution in [1.29, 1.82) is 0 Å². The van der Waals surface area contributed by atoms with E-state index >= 15 is 0 Å². The zero-order chi connectivity index (χ0) is 12.4. The zero-order valence-electron chi connectivity index (χ0n) is 12.2. The van der Waals surface area contributed by atoms with E-state index in [1.165, 1.54) is 77.0 Å². The first-order valence-electron chi connectivity index (χ1n) is 8.60. The number of hydrogen-bond acceptors (Lipinski definition) is 1. The number of likely N-dealkylation sites (tertiary alicyclic amines) is 1. The maximum Gasteiger partial charge on any atom is 0.0127 e. The molecule has 3 aliphatic rings. The molecule has 4 unspecified atom stereocenters. The Morgan fingerprint density at radius 3 is 1.50 bits per heavy atom. The van der Waals surface area contributed by atoms with Crippen LogP contribution in [0.2, 0.25) is 0 Å². The van der Waals surface area contributed by atoms with Crippen molar-refractivity contribution in [3.63, 3.8) is 0 Å². The molecule has 1 heteroatoms. The molecule has 0 spiro atoms. The largest absolute Gasteiger partial charge is 0.300 e. The second-order valence-electron chi connectivity index (χ2n) is 7.11. The van der Waals surface area contributed by atoms with Crippen molar-refractivity contribution in [3.8, 4) is 0 Å². The standard InChI is InChI=1S/C17H31N/c1-18-16-12-8-4-2-3-6-10-14(16)15-11-7-5-9-13-17(15)18/h14-17H,2-13H2,1H3. The minimum absolute atomic E-state index is 0.941. The minimum atomic E-state index is 0.941. The Labute approximate surface area is 113 Å². The molecule has 18 heavy (non-hydrogen) atoms. The Morgan fingerprint density at radius 1 is 0.556 bits per heavy atom. The van der Waals surface area contributed by atoms with Gasteiger partial charge in [0.05, 0.1) is 0 Å². The molecular weight excluding hydrogens is 218 g/mol. The Bertz CT molecular complexity index is 262. The van der Waals surface area contributed by atoms with Gasteiger partial charge in [-0.3, -0.25) is 4.90 Å². The molecule has 3 fully saturated rings. The first kappa shape index (κ1) is 13.0. The number of fused-ring (bicyclic) bond motifs is 3. The molecule has 104 valence electrons. The van der Waals surface area contributed by atoms with Crippen LogP contribution in [0.1, 0.15) is 77.0 Å². The molecule has 2 saturated carbocycles. The average molecular weight is 249 g/mol.